The molecule has 6 heteroatoms. The molecule has 0 aliphatic heterocycles. The number of hydrogen-bond donors (Lipinski definition) is 0. The average molecular weight is 499 g/mol. The Hall–Kier alpha value is -1.59. The van der Waals surface area contributed by atoms with Crippen LogP contribution >= 0.6 is 0 Å². The van der Waals surface area contributed by atoms with Gasteiger partial charge in [-0.1, -0.05) is 66.7 Å². The van der Waals surface area contributed by atoms with E-state index in [0.717, 1.165) is 32.1 Å². The van der Waals surface area contributed by atoms with Crippen LogP contribution in [0.5, 0.6) is 0 Å². The van der Waals surface area contributed by atoms with Crippen LogP contribution in [0.25, 0.3) is 0 Å². The molecule has 0 spiro atoms. The number of carbonyl (C=O) groups is 3. The number of carbonyl (C=O) groups excluding carboxylic acids is 3. The van der Waals surface area contributed by atoms with Crippen LogP contribution in [0.4, 0.5) is 0 Å². The Morgan fingerprint density at radius 3 is 2.00 bits per heavy atom. The number of rotatable bonds is 19. The summed E-state index contributed by atoms with van der Waals surface area (Å²) in [6.45, 7) is 16.0. The van der Waals surface area contributed by atoms with E-state index in [1.54, 1.807) is 0 Å². The summed E-state index contributed by atoms with van der Waals surface area (Å²) in [4.78, 5) is 36.9. The van der Waals surface area contributed by atoms with Gasteiger partial charge in [0.25, 0.3) is 0 Å². The van der Waals surface area contributed by atoms with Crippen LogP contribution in [0.1, 0.15) is 132 Å². The molecule has 0 heterocycles. The van der Waals surface area contributed by atoms with Crippen molar-refractivity contribution in [3.05, 3.63) is 0 Å². The predicted octanol–water partition coefficient (Wildman–Crippen LogP) is 7.41. The van der Waals surface area contributed by atoms with E-state index in [9.17, 15) is 14.4 Å². The van der Waals surface area contributed by atoms with Crippen molar-refractivity contribution in [1.82, 2.24) is 0 Å². The summed E-state index contributed by atoms with van der Waals surface area (Å²) < 4.78 is 16.6. The maximum absolute atomic E-state index is 12.5. The lowest BCUT2D eigenvalue weighted by Crippen LogP contribution is -2.30. The van der Waals surface area contributed by atoms with Gasteiger partial charge in [-0.25, -0.2) is 0 Å². The van der Waals surface area contributed by atoms with Crippen LogP contribution in [-0.4, -0.2) is 36.2 Å². The molecule has 0 saturated heterocycles. The maximum atomic E-state index is 12.5. The third kappa shape index (κ3) is 17.5. The maximum Gasteiger partial charge on any atom is 0.309 e. The predicted molar refractivity (Wildman–Crippen MR) is 141 cm³/mol. The zero-order valence-electron chi connectivity index (χ0n) is 24.0. The molecule has 0 aromatic heterocycles. The third-order valence-electron chi connectivity index (χ3n) is 6.58. The Balaban J connectivity index is 4.35. The lowest BCUT2D eigenvalue weighted by molar-refractivity contribution is -0.161. The summed E-state index contributed by atoms with van der Waals surface area (Å²) in [5.74, 6) is -0.716. The molecule has 0 amide bonds. The average Bonchev–Trinajstić information content (AvgIpc) is 2.79. The molecule has 0 rings (SSSR count). The van der Waals surface area contributed by atoms with Gasteiger partial charge < -0.3 is 14.2 Å². The van der Waals surface area contributed by atoms with Gasteiger partial charge in [-0.3, -0.25) is 14.4 Å². The first kappa shape index (κ1) is 33.4. The highest BCUT2D eigenvalue weighted by Gasteiger charge is 2.27. The van der Waals surface area contributed by atoms with Gasteiger partial charge >= 0.3 is 17.9 Å². The van der Waals surface area contributed by atoms with Crippen LogP contribution in [0.15, 0.2) is 0 Å². The van der Waals surface area contributed by atoms with Gasteiger partial charge in [-0.05, 0) is 58.8 Å². The zero-order chi connectivity index (χ0) is 26.9. The Labute approximate surface area is 215 Å². The Kier molecular flexibility index (Phi) is 17.8. The van der Waals surface area contributed by atoms with Crippen LogP contribution in [0.2, 0.25) is 0 Å². The first-order valence-electron chi connectivity index (χ1n) is 14.0. The first-order valence-corrected chi connectivity index (χ1v) is 14.0. The number of unbranched alkanes of at least 4 members (excludes halogenated alkanes) is 5. The monoisotopic (exact) mass is 498 g/mol. The van der Waals surface area contributed by atoms with Crippen molar-refractivity contribution < 1.29 is 28.6 Å². The van der Waals surface area contributed by atoms with Crippen LogP contribution in [-0.2, 0) is 28.6 Å². The molecule has 0 aliphatic carbocycles. The minimum Gasteiger partial charge on any atom is -0.465 e. The van der Waals surface area contributed by atoms with E-state index in [4.69, 9.17) is 14.2 Å². The van der Waals surface area contributed by atoms with Gasteiger partial charge in [-0.15, -0.1) is 0 Å². The summed E-state index contributed by atoms with van der Waals surface area (Å²) >= 11 is 0. The highest BCUT2D eigenvalue weighted by atomic mass is 16.6. The smallest absolute Gasteiger partial charge is 0.309 e. The van der Waals surface area contributed by atoms with E-state index in [0.29, 0.717) is 12.8 Å². The van der Waals surface area contributed by atoms with Crippen molar-refractivity contribution in [3.63, 3.8) is 0 Å². The molecular formula is C29H54O6. The molecule has 4 unspecified atom stereocenters. The summed E-state index contributed by atoms with van der Waals surface area (Å²) in [6.07, 6.45) is 10.3. The van der Waals surface area contributed by atoms with Crippen LogP contribution < -0.4 is 0 Å². The summed E-state index contributed by atoms with van der Waals surface area (Å²) in [5.41, 5.74) is -0.495. The van der Waals surface area contributed by atoms with Crippen molar-refractivity contribution in [1.29, 1.82) is 0 Å². The van der Waals surface area contributed by atoms with Gasteiger partial charge in [0, 0.05) is 12.3 Å². The molecule has 0 aromatic rings. The molecule has 6 nitrogen and oxygen atoms in total. The molecule has 4 atom stereocenters. The summed E-state index contributed by atoms with van der Waals surface area (Å²) in [5, 5.41) is 0. The lowest BCUT2D eigenvalue weighted by Gasteiger charge is -2.26. The summed E-state index contributed by atoms with van der Waals surface area (Å²) in [6, 6.07) is 0. The lowest BCUT2D eigenvalue weighted by atomic mass is 9.90. The fourth-order valence-corrected chi connectivity index (χ4v) is 3.80. The van der Waals surface area contributed by atoms with E-state index in [1.807, 2.05) is 48.5 Å². The quantitative estimate of drug-likeness (QED) is 0.105. The molecule has 0 radical (unpaired) electrons. The van der Waals surface area contributed by atoms with Crippen molar-refractivity contribution in [3.8, 4) is 0 Å². The third-order valence-corrected chi connectivity index (χ3v) is 6.58. The van der Waals surface area contributed by atoms with E-state index >= 15 is 0 Å². The molecule has 0 N–H and O–H groups in total. The van der Waals surface area contributed by atoms with E-state index in [2.05, 4.69) is 6.92 Å². The van der Waals surface area contributed by atoms with Crippen molar-refractivity contribution in [2.45, 2.75) is 144 Å². The van der Waals surface area contributed by atoms with Gasteiger partial charge in [0.1, 0.15) is 11.7 Å². The second kappa shape index (κ2) is 18.6. The largest absolute Gasteiger partial charge is 0.465 e. The highest BCUT2D eigenvalue weighted by molar-refractivity contribution is 5.72. The molecule has 0 aliphatic rings. The Morgan fingerprint density at radius 1 is 0.800 bits per heavy atom. The Morgan fingerprint density at radius 2 is 1.43 bits per heavy atom. The standard InChI is InChI=1S/C29H54O6/c1-9-12-13-14-15-16-17-26(30)33-21-24(10-2)20-27(31)34-25(11-3)19-18-22(4)23(5)28(32)35-29(6,7)8/h22-25H,9-21H2,1-8H3. The fraction of sp³-hybridized carbons (Fsp3) is 0.897. The molecule has 206 valence electrons. The normalized spacial score (nSPS) is 15.1. The van der Waals surface area contributed by atoms with E-state index in [-0.39, 0.29) is 54.8 Å². The second-order valence-corrected chi connectivity index (χ2v) is 11.1. The molecule has 0 bridgehead atoms. The zero-order valence-corrected chi connectivity index (χ0v) is 24.0. The molecule has 0 saturated carbocycles. The van der Waals surface area contributed by atoms with E-state index < -0.39 is 5.60 Å². The van der Waals surface area contributed by atoms with Gasteiger partial charge in [-0.2, -0.15) is 0 Å². The topological polar surface area (TPSA) is 78.9 Å². The van der Waals surface area contributed by atoms with Gasteiger partial charge in [0.15, 0.2) is 0 Å². The van der Waals surface area contributed by atoms with Crippen molar-refractivity contribution in [2.24, 2.45) is 17.8 Å². The van der Waals surface area contributed by atoms with Crippen molar-refractivity contribution in [2.75, 3.05) is 6.61 Å². The van der Waals surface area contributed by atoms with Crippen LogP contribution in [0.3, 0.4) is 0 Å². The summed E-state index contributed by atoms with van der Waals surface area (Å²) in [7, 11) is 0. The molecule has 35 heavy (non-hydrogen) atoms. The first-order chi connectivity index (χ1) is 16.4. The van der Waals surface area contributed by atoms with Gasteiger partial charge in [0.2, 0.25) is 0 Å². The Bertz CT molecular complexity index is 594. The number of esters is 3. The molecule has 0 aromatic carbocycles. The minimum atomic E-state index is -0.495. The van der Waals surface area contributed by atoms with Crippen molar-refractivity contribution >= 4 is 17.9 Å². The molecular weight excluding hydrogens is 444 g/mol. The number of hydrogen-bond acceptors (Lipinski definition) is 6. The van der Waals surface area contributed by atoms with E-state index in [1.165, 1.54) is 25.7 Å². The van der Waals surface area contributed by atoms with Gasteiger partial charge in [0.05, 0.1) is 18.9 Å². The SMILES string of the molecule is CCCCCCCCC(=O)OCC(CC)CC(=O)OC(CC)CCC(C)C(C)C(=O)OC(C)(C)C. The van der Waals surface area contributed by atoms with Crippen LogP contribution in [0, 0.1) is 17.8 Å². The molecule has 0 fully saturated rings. The highest BCUT2D eigenvalue weighted by Crippen LogP contribution is 2.24. The minimum absolute atomic E-state index is 0.0281. The number of ether oxygens (including phenoxy) is 3. The fourth-order valence-electron chi connectivity index (χ4n) is 3.80. The second-order valence-electron chi connectivity index (χ2n) is 11.1.